The van der Waals surface area contributed by atoms with Crippen molar-refractivity contribution in [1.82, 2.24) is 0 Å². The number of benzene rings is 1. The monoisotopic (exact) mass is 404 g/mol. The Morgan fingerprint density at radius 1 is 1.10 bits per heavy atom. The maximum atomic E-state index is 10.3. The lowest BCUT2D eigenvalue weighted by Gasteiger charge is -2.48. The lowest BCUT2D eigenvalue weighted by Crippen LogP contribution is -2.57. The Morgan fingerprint density at radius 3 is 2.31 bits per heavy atom. The third-order valence-electron chi connectivity index (χ3n) is 5.77. The van der Waals surface area contributed by atoms with Gasteiger partial charge in [-0.1, -0.05) is 18.2 Å². The number of fused-ring (bicyclic) bond motifs is 2. The fourth-order valence-corrected chi connectivity index (χ4v) is 5.30. The van der Waals surface area contributed by atoms with Gasteiger partial charge in [0, 0.05) is 11.8 Å². The van der Waals surface area contributed by atoms with Crippen LogP contribution in [0.1, 0.15) is 29.4 Å². The Hall–Kier alpha value is -3.38. The summed E-state index contributed by atoms with van der Waals surface area (Å²) in [6.45, 7) is 1.65. The van der Waals surface area contributed by atoms with Gasteiger partial charge >= 0.3 is 0 Å². The van der Waals surface area contributed by atoms with Crippen LogP contribution in [0.5, 0.6) is 5.75 Å². The molecule has 2 aliphatic rings. The number of thiophene rings is 1. The number of methoxy groups -OCH3 is 1. The van der Waals surface area contributed by atoms with Gasteiger partial charge in [-0.15, -0.1) is 11.3 Å². The van der Waals surface area contributed by atoms with E-state index in [2.05, 4.69) is 6.07 Å². The number of nitriles is 3. The molecule has 0 radical (unpaired) electrons. The first-order chi connectivity index (χ1) is 13.9. The topological polar surface area (TPSA) is 123 Å². The minimum Gasteiger partial charge on any atom is -0.497 e. The smallest absolute Gasteiger partial charge is 0.218 e. The summed E-state index contributed by atoms with van der Waals surface area (Å²) in [7, 11) is 1.54. The minimum atomic E-state index is -1.97. The van der Waals surface area contributed by atoms with Crippen molar-refractivity contribution in [3.8, 4) is 24.0 Å². The summed E-state index contributed by atoms with van der Waals surface area (Å²) >= 11 is 1.33. The van der Waals surface area contributed by atoms with Gasteiger partial charge in [0.1, 0.15) is 11.9 Å². The van der Waals surface area contributed by atoms with Crippen LogP contribution in [0.3, 0.4) is 0 Å². The Labute approximate surface area is 171 Å². The molecule has 29 heavy (non-hydrogen) atoms. The number of ether oxygens (including phenoxy) is 3. The van der Waals surface area contributed by atoms with Gasteiger partial charge in [-0.2, -0.15) is 15.8 Å². The molecule has 2 aromatic rings. The van der Waals surface area contributed by atoms with E-state index in [0.717, 1.165) is 0 Å². The average Bonchev–Trinajstić information content (AvgIpc) is 3.32. The van der Waals surface area contributed by atoms with Gasteiger partial charge in [-0.25, -0.2) is 0 Å². The predicted octanol–water partition coefficient (Wildman–Crippen LogP) is 3.88. The lowest BCUT2D eigenvalue weighted by molar-refractivity contribution is -0.252. The first-order valence-electron chi connectivity index (χ1n) is 8.79. The summed E-state index contributed by atoms with van der Waals surface area (Å²) in [4.78, 5) is 0.630. The van der Waals surface area contributed by atoms with Gasteiger partial charge in [-0.05, 0) is 29.1 Å². The number of nitrogens with zero attached hydrogens (tertiary/aromatic N) is 3. The van der Waals surface area contributed by atoms with Crippen LogP contribution in [0.25, 0.3) is 0 Å². The number of hydrogen-bond acceptors (Lipinski definition) is 8. The van der Waals surface area contributed by atoms with Crippen LogP contribution in [0.2, 0.25) is 0 Å². The maximum absolute atomic E-state index is 10.3. The molecule has 3 heterocycles. The molecule has 4 unspecified atom stereocenters. The number of rotatable bonds is 3. The standard InChI is InChI=1S/C21H16N4O3S/c1-19-16(13-5-7-14(26-2)8-6-13)21(12-24,18(25)28-19)20(10-22,11-23)17(27-19)15-4-3-9-29-15/h3-9,16-17,25H,1-2H3. The van der Waals surface area contributed by atoms with Gasteiger partial charge in [0.25, 0.3) is 0 Å². The van der Waals surface area contributed by atoms with Crippen LogP contribution in [0, 0.1) is 50.2 Å². The number of hydrogen-bond donors (Lipinski definition) is 1. The molecule has 0 saturated carbocycles. The van der Waals surface area contributed by atoms with Crippen LogP contribution >= 0.6 is 11.3 Å². The van der Waals surface area contributed by atoms with Gasteiger partial charge in [0.05, 0.1) is 31.2 Å². The Morgan fingerprint density at radius 2 is 1.79 bits per heavy atom. The van der Waals surface area contributed by atoms with Gasteiger partial charge < -0.3 is 14.2 Å². The Bertz CT molecular complexity index is 1080. The van der Waals surface area contributed by atoms with E-state index < -0.39 is 34.5 Å². The van der Waals surface area contributed by atoms with E-state index in [4.69, 9.17) is 19.6 Å². The molecule has 0 spiro atoms. The second-order valence-corrected chi connectivity index (χ2v) is 8.10. The van der Waals surface area contributed by atoms with E-state index >= 15 is 0 Å². The molecule has 1 aromatic carbocycles. The van der Waals surface area contributed by atoms with Crippen molar-refractivity contribution >= 4 is 17.2 Å². The van der Waals surface area contributed by atoms with Crippen LogP contribution in [0.15, 0.2) is 41.8 Å². The summed E-state index contributed by atoms with van der Waals surface area (Å²) in [5.41, 5.74) is -3.19. The summed E-state index contributed by atoms with van der Waals surface area (Å²) in [5.74, 6) is -2.06. The zero-order chi connectivity index (χ0) is 20.9. The SMILES string of the molecule is COc1ccc(C2C3(C)OC(=N)C2(C#N)C(C#N)(C#N)C(c2cccs2)O3)cc1. The molecule has 2 aliphatic heterocycles. The van der Waals surface area contributed by atoms with Gasteiger partial charge in [-0.3, -0.25) is 5.41 Å². The average molecular weight is 404 g/mol. The molecule has 2 bridgehead atoms. The van der Waals surface area contributed by atoms with Crippen molar-refractivity contribution in [2.75, 3.05) is 7.11 Å². The Balaban J connectivity index is 2.01. The van der Waals surface area contributed by atoms with E-state index in [0.29, 0.717) is 16.2 Å². The van der Waals surface area contributed by atoms with Crippen LogP contribution in [0.4, 0.5) is 0 Å². The van der Waals surface area contributed by atoms with E-state index in [1.807, 2.05) is 17.5 Å². The largest absolute Gasteiger partial charge is 0.497 e. The normalized spacial score (nSPS) is 31.8. The van der Waals surface area contributed by atoms with E-state index in [1.54, 1.807) is 50.4 Å². The molecule has 8 heteroatoms. The van der Waals surface area contributed by atoms with Crippen molar-refractivity contribution in [1.29, 1.82) is 21.2 Å². The third-order valence-corrected chi connectivity index (χ3v) is 6.68. The first-order valence-corrected chi connectivity index (χ1v) is 9.67. The maximum Gasteiger partial charge on any atom is 0.218 e. The fraction of sp³-hybridized carbons (Fsp3) is 0.333. The first kappa shape index (κ1) is 19.0. The van der Waals surface area contributed by atoms with Gasteiger partial charge in [0.15, 0.2) is 5.41 Å². The van der Waals surface area contributed by atoms with Crippen molar-refractivity contribution in [3.05, 3.63) is 52.2 Å². The minimum absolute atomic E-state index is 0.425. The molecule has 4 atom stereocenters. The van der Waals surface area contributed by atoms with Crippen molar-refractivity contribution in [2.24, 2.45) is 10.8 Å². The molecular weight excluding hydrogens is 388 g/mol. The molecule has 4 rings (SSSR count). The van der Waals surface area contributed by atoms with Crippen molar-refractivity contribution < 1.29 is 14.2 Å². The zero-order valence-electron chi connectivity index (χ0n) is 15.7. The zero-order valence-corrected chi connectivity index (χ0v) is 16.5. The van der Waals surface area contributed by atoms with Crippen LogP contribution in [-0.2, 0) is 9.47 Å². The van der Waals surface area contributed by atoms with E-state index in [9.17, 15) is 15.8 Å². The van der Waals surface area contributed by atoms with E-state index in [-0.39, 0.29) is 0 Å². The Kier molecular flexibility index (Phi) is 4.13. The molecule has 7 nitrogen and oxygen atoms in total. The van der Waals surface area contributed by atoms with Crippen LogP contribution in [-0.4, -0.2) is 18.8 Å². The quantitative estimate of drug-likeness (QED) is 0.828. The summed E-state index contributed by atoms with van der Waals surface area (Å²) in [5, 5.41) is 41.1. The summed E-state index contributed by atoms with van der Waals surface area (Å²) in [6, 6.07) is 16.7. The summed E-state index contributed by atoms with van der Waals surface area (Å²) in [6.07, 6.45) is -1.03. The van der Waals surface area contributed by atoms with Crippen molar-refractivity contribution in [2.45, 2.75) is 24.7 Å². The number of nitrogens with one attached hydrogen (secondary N) is 1. The van der Waals surface area contributed by atoms with Crippen LogP contribution < -0.4 is 4.74 Å². The molecule has 1 aromatic heterocycles. The molecule has 2 saturated heterocycles. The second kappa shape index (κ2) is 6.32. The van der Waals surface area contributed by atoms with Crippen molar-refractivity contribution in [3.63, 3.8) is 0 Å². The highest BCUT2D eigenvalue weighted by atomic mass is 32.1. The molecule has 0 amide bonds. The highest BCUT2D eigenvalue weighted by Crippen LogP contribution is 2.69. The molecule has 1 N–H and O–H groups in total. The lowest BCUT2D eigenvalue weighted by atomic mass is 9.53. The second-order valence-electron chi connectivity index (χ2n) is 7.12. The summed E-state index contributed by atoms with van der Waals surface area (Å²) < 4.78 is 17.2. The fourth-order valence-electron chi connectivity index (χ4n) is 4.48. The molecule has 144 valence electrons. The molecular formula is C21H16N4O3S. The third kappa shape index (κ3) is 2.20. The highest BCUT2D eigenvalue weighted by Gasteiger charge is 2.79. The molecule has 2 fully saturated rings. The van der Waals surface area contributed by atoms with E-state index in [1.165, 1.54) is 11.3 Å². The molecule has 0 aliphatic carbocycles. The highest BCUT2D eigenvalue weighted by molar-refractivity contribution is 7.10. The predicted molar refractivity (Wildman–Crippen MR) is 103 cm³/mol. The van der Waals surface area contributed by atoms with Gasteiger partial charge in [0.2, 0.25) is 17.1 Å².